The zero-order chi connectivity index (χ0) is 7.61. The van der Waals surface area contributed by atoms with Crippen molar-refractivity contribution in [2.24, 2.45) is 10.4 Å². The Bertz CT molecular complexity index is 170. The number of allylic oxidation sites excluding steroid dienone is 1. The monoisotopic (exact) mass is 137 g/mol. The minimum absolute atomic E-state index is 0.317. The second-order valence-electron chi connectivity index (χ2n) is 3.77. The van der Waals surface area contributed by atoms with E-state index in [-0.39, 0.29) is 0 Å². The molecule has 0 amide bonds. The molecule has 0 radical (unpaired) electrons. The number of hydrogen-bond acceptors (Lipinski definition) is 1. The van der Waals surface area contributed by atoms with E-state index < -0.39 is 0 Å². The SMILES string of the molecule is CC(C)(C)C1=CN=CCC1. The Labute approximate surface area is 62.9 Å². The van der Waals surface area contributed by atoms with Gasteiger partial charge in [-0.25, -0.2) is 0 Å². The van der Waals surface area contributed by atoms with Gasteiger partial charge < -0.3 is 0 Å². The lowest BCUT2D eigenvalue weighted by Gasteiger charge is -2.23. The molecule has 1 heterocycles. The van der Waals surface area contributed by atoms with E-state index in [1.165, 1.54) is 12.0 Å². The highest BCUT2D eigenvalue weighted by atomic mass is 14.7. The van der Waals surface area contributed by atoms with Crippen molar-refractivity contribution in [2.75, 3.05) is 0 Å². The molecule has 0 atom stereocenters. The summed E-state index contributed by atoms with van der Waals surface area (Å²) < 4.78 is 0. The van der Waals surface area contributed by atoms with Crippen LogP contribution < -0.4 is 0 Å². The summed E-state index contributed by atoms with van der Waals surface area (Å²) >= 11 is 0. The third-order valence-electron chi connectivity index (χ3n) is 1.84. The largest absolute Gasteiger partial charge is 0.269 e. The molecule has 0 aromatic carbocycles. The van der Waals surface area contributed by atoms with Crippen LogP contribution in [0.1, 0.15) is 33.6 Å². The van der Waals surface area contributed by atoms with Crippen molar-refractivity contribution in [3.63, 3.8) is 0 Å². The molecular formula is C9H15N. The van der Waals surface area contributed by atoms with Gasteiger partial charge in [-0.15, -0.1) is 0 Å². The minimum atomic E-state index is 0.317. The summed E-state index contributed by atoms with van der Waals surface area (Å²) in [5.74, 6) is 0. The first kappa shape index (κ1) is 7.52. The lowest BCUT2D eigenvalue weighted by atomic mass is 9.84. The molecule has 1 aliphatic heterocycles. The summed E-state index contributed by atoms with van der Waals surface area (Å²) in [4.78, 5) is 4.14. The molecule has 0 aromatic heterocycles. The van der Waals surface area contributed by atoms with Crippen molar-refractivity contribution in [2.45, 2.75) is 33.6 Å². The van der Waals surface area contributed by atoms with Crippen LogP contribution in [0.3, 0.4) is 0 Å². The molecular weight excluding hydrogens is 122 g/mol. The molecule has 0 fully saturated rings. The van der Waals surface area contributed by atoms with Crippen LogP contribution >= 0.6 is 0 Å². The van der Waals surface area contributed by atoms with E-state index >= 15 is 0 Å². The normalized spacial score (nSPS) is 18.9. The average molecular weight is 137 g/mol. The Hall–Kier alpha value is -0.590. The van der Waals surface area contributed by atoms with Gasteiger partial charge in [-0.05, 0) is 23.8 Å². The van der Waals surface area contributed by atoms with Crippen LogP contribution in [0.4, 0.5) is 0 Å². The number of aliphatic imine (C=N–C) groups is 1. The molecule has 1 aliphatic rings. The van der Waals surface area contributed by atoms with Crippen LogP contribution in [0.2, 0.25) is 0 Å². The summed E-state index contributed by atoms with van der Waals surface area (Å²) in [6, 6.07) is 0. The van der Waals surface area contributed by atoms with E-state index in [1.54, 1.807) is 0 Å². The molecule has 10 heavy (non-hydrogen) atoms. The smallest absolute Gasteiger partial charge is 0.0261 e. The maximum Gasteiger partial charge on any atom is 0.0261 e. The Kier molecular flexibility index (Phi) is 1.93. The van der Waals surface area contributed by atoms with Gasteiger partial charge in [0.15, 0.2) is 0 Å². The Morgan fingerprint density at radius 3 is 2.40 bits per heavy atom. The highest BCUT2D eigenvalue weighted by Crippen LogP contribution is 2.29. The van der Waals surface area contributed by atoms with Crippen LogP contribution in [0, 0.1) is 5.41 Å². The quantitative estimate of drug-likeness (QED) is 0.487. The van der Waals surface area contributed by atoms with Crippen LogP contribution in [0.15, 0.2) is 16.8 Å². The fraction of sp³-hybridized carbons (Fsp3) is 0.667. The van der Waals surface area contributed by atoms with Gasteiger partial charge in [-0.1, -0.05) is 20.8 Å². The van der Waals surface area contributed by atoms with Gasteiger partial charge in [0, 0.05) is 12.4 Å². The highest BCUT2D eigenvalue weighted by molar-refractivity contribution is 5.60. The van der Waals surface area contributed by atoms with E-state index in [2.05, 4.69) is 25.8 Å². The summed E-state index contributed by atoms with van der Waals surface area (Å²) in [7, 11) is 0. The molecule has 0 unspecified atom stereocenters. The second kappa shape index (κ2) is 2.57. The van der Waals surface area contributed by atoms with E-state index in [0.717, 1.165) is 6.42 Å². The van der Waals surface area contributed by atoms with Crippen LogP contribution in [0.5, 0.6) is 0 Å². The maximum absolute atomic E-state index is 4.14. The molecule has 0 spiro atoms. The van der Waals surface area contributed by atoms with E-state index in [9.17, 15) is 0 Å². The maximum atomic E-state index is 4.14. The van der Waals surface area contributed by atoms with Gasteiger partial charge >= 0.3 is 0 Å². The Balaban J connectivity index is 2.72. The molecule has 0 aromatic rings. The average Bonchev–Trinajstić information content (AvgIpc) is 1.88. The lowest BCUT2D eigenvalue weighted by molar-refractivity contribution is 0.482. The van der Waals surface area contributed by atoms with Crippen LogP contribution in [0.25, 0.3) is 0 Å². The Morgan fingerprint density at radius 2 is 2.10 bits per heavy atom. The van der Waals surface area contributed by atoms with E-state index in [1.807, 2.05) is 12.4 Å². The van der Waals surface area contributed by atoms with Crippen molar-refractivity contribution in [1.82, 2.24) is 0 Å². The lowest BCUT2D eigenvalue weighted by Crippen LogP contribution is -2.10. The number of nitrogens with zero attached hydrogens (tertiary/aromatic N) is 1. The Morgan fingerprint density at radius 1 is 1.40 bits per heavy atom. The van der Waals surface area contributed by atoms with Gasteiger partial charge in [-0.2, -0.15) is 0 Å². The molecule has 56 valence electrons. The topological polar surface area (TPSA) is 12.4 Å². The molecule has 0 saturated carbocycles. The second-order valence-corrected chi connectivity index (χ2v) is 3.77. The van der Waals surface area contributed by atoms with Gasteiger partial charge in [0.25, 0.3) is 0 Å². The van der Waals surface area contributed by atoms with Crippen LogP contribution in [-0.2, 0) is 0 Å². The minimum Gasteiger partial charge on any atom is -0.269 e. The highest BCUT2D eigenvalue weighted by Gasteiger charge is 2.16. The molecule has 1 heteroatoms. The van der Waals surface area contributed by atoms with Gasteiger partial charge in [0.1, 0.15) is 0 Å². The van der Waals surface area contributed by atoms with Gasteiger partial charge in [-0.3, -0.25) is 4.99 Å². The summed E-state index contributed by atoms with van der Waals surface area (Å²) in [6.07, 6.45) is 6.29. The van der Waals surface area contributed by atoms with Crippen molar-refractivity contribution >= 4 is 6.21 Å². The predicted molar refractivity (Wildman–Crippen MR) is 45.3 cm³/mol. The fourth-order valence-corrected chi connectivity index (χ4v) is 1.07. The van der Waals surface area contributed by atoms with Crippen LogP contribution in [-0.4, -0.2) is 6.21 Å². The first-order chi connectivity index (χ1) is 4.61. The predicted octanol–water partition coefficient (Wildman–Crippen LogP) is 2.78. The summed E-state index contributed by atoms with van der Waals surface area (Å²) in [5.41, 5.74) is 1.78. The molecule has 0 aliphatic carbocycles. The summed E-state index contributed by atoms with van der Waals surface area (Å²) in [5, 5.41) is 0. The molecule has 0 bridgehead atoms. The molecule has 0 N–H and O–H groups in total. The third-order valence-corrected chi connectivity index (χ3v) is 1.84. The number of rotatable bonds is 0. The summed E-state index contributed by atoms with van der Waals surface area (Å²) in [6.45, 7) is 6.71. The molecule has 1 nitrogen and oxygen atoms in total. The van der Waals surface area contributed by atoms with E-state index in [0.29, 0.717) is 5.41 Å². The standard InChI is InChI=1S/C9H15N/c1-9(2,3)8-5-4-6-10-7-8/h6-7H,4-5H2,1-3H3. The molecule has 1 rings (SSSR count). The zero-order valence-corrected chi connectivity index (χ0v) is 7.02. The van der Waals surface area contributed by atoms with Gasteiger partial charge in [0.2, 0.25) is 0 Å². The zero-order valence-electron chi connectivity index (χ0n) is 7.02. The van der Waals surface area contributed by atoms with Gasteiger partial charge in [0.05, 0.1) is 0 Å². The first-order valence-corrected chi connectivity index (χ1v) is 3.82. The first-order valence-electron chi connectivity index (χ1n) is 3.82. The fourth-order valence-electron chi connectivity index (χ4n) is 1.07. The van der Waals surface area contributed by atoms with Crippen molar-refractivity contribution in [3.05, 3.63) is 11.8 Å². The number of hydrogen-bond donors (Lipinski definition) is 0. The third kappa shape index (κ3) is 1.69. The van der Waals surface area contributed by atoms with E-state index in [4.69, 9.17) is 0 Å². The van der Waals surface area contributed by atoms with Crippen molar-refractivity contribution in [1.29, 1.82) is 0 Å². The van der Waals surface area contributed by atoms with Crippen molar-refractivity contribution in [3.8, 4) is 0 Å². The van der Waals surface area contributed by atoms with Crippen molar-refractivity contribution < 1.29 is 0 Å². The molecule has 0 saturated heterocycles.